The largest absolute Gasteiger partial charge is 0.494 e. The van der Waals surface area contributed by atoms with Gasteiger partial charge in [0.15, 0.2) is 0 Å². The molecule has 4 aromatic rings. The lowest BCUT2D eigenvalue weighted by atomic mass is 9.64. The van der Waals surface area contributed by atoms with Gasteiger partial charge in [-0.15, -0.1) is 0 Å². The summed E-state index contributed by atoms with van der Waals surface area (Å²) in [7, 11) is 1.45. The number of hydrogen-bond donors (Lipinski definition) is 0. The van der Waals surface area contributed by atoms with Crippen LogP contribution >= 0.6 is 0 Å². The maximum atomic E-state index is 6.41. The van der Waals surface area contributed by atoms with E-state index in [0.717, 1.165) is 18.4 Å². The van der Waals surface area contributed by atoms with Crippen LogP contribution in [-0.2, 0) is 19.4 Å². The molecule has 197 valence electrons. The Hall–Kier alpha value is -3.11. The predicted octanol–water partition coefficient (Wildman–Crippen LogP) is 6.81. The van der Waals surface area contributed by atoms with Gasteiger partial charge in [-0.2, -0.15) is 0 Å². The molecule has 0 bridgehead atoms. The third-order valence-corrected chi connectivity index (χ3v) is 8.17. The third-order valence-electron chi connectivity index (χ3n) is 8.17. The van der Waals surface area contributed by atoms with E-state index in [0.29, 0.717) is 0 Å². The van der Waals surface area contributed by atoms with Crippen molar-refractivity contribution in [3.8, 4) is 0 Å². The molecule has 6 rings (SSSR count). The number of hydrogen-bond acceptors (Lipinski definition) is 3. The maximum Gasteiger partial charge on any atom is 0.494 e. The second-order valence-corrected chi connectivity index (χ2v) is 11.2. The molecule has 2 aliphatic heterocycles. The van der Waals surface area contributed by atoms with Gasteiger partial charge in [0.05, 0.1) is 16.6 Å². The first kappa shape index (κ1) is 27.5. The normalized spacial score (nSPS) is 17.7. The van der Waals surface area contributed by atoms with E-state index in [-0.39, 0.29) is 11.2 Å². The first-order valence-corrected chi connectivity index (χ1v) is 13.9. The van der Waals surface area contributed by atoms with Gasteiger partial charge in [0.1, 0.15) is 0 Å². The Kier molecular flexibility index (Phi) is 8.13. The molecule has 0 N–H and O–H groups in total. The van der Waals surface area contributed by atoms with Gasteiger partial charge in [0, 0.05) is 6.61 Å². The molecule has 2 heterocycles. The third kappa shape index (κ3) is 5.49. The Balaban J connectivity index is 0.000000555. The highest BCUT2D eigenvalue weighted by molar-refractivity contribution is 6.62. The lowest BCUT2D eigenvalue weighted by Crippen LogP contribution is -2.41. The zero-order valence-electron chi connectivity index (χ0n) is 23.5. The average Bonchev–Trinajstić information content (AvgIpc) is 3.62. The van der Waals surface area contributed by atoms with E-state index in [1.807, 2.05) is 7.48 Å². The highest BCUT2D eigenvalue weighted by Crippen LogP contribution is 2.45. The van der Waals surface area contributed by atoms with Crippen molar-refractivity contribution in [2.75, 3.05) is 6.61 Å². The van der Waals surface area contributed by atoms with Gasteiger partial charge in [0.2, 0.25) is 0 Å². The summed E-state index contributed by atoms with van der Waals surface area (Å²) in [6, 6.07) is 41.0. The van der Waals surface area contributed by atoms with Crippen LogP contribution in [0, 0.1) is 0 Å². The fourth-order valence-corrected chi connectivity index (χ4v) is 5.38. The van der Waals surface area contributed by atoms with Gasteiger partial charge in [-0.3, -0.25) is 0 Å². The molecule has 0 aliphatic carbocycles. The highest BCUT2D eigenvalue weighted by Gasteiger charge is 2.52. The van der Waals surface area contributed by atoms with Crippen molar-refractivity contribution in [1.82, 2.24) is 0 Å². The van der Waals surface area contributed by atoms with Crippen LogP contribution < -0.4 is 5.46 Å². The van der Waals surface area contributed by atoms with E-state index in [2.05, 4.69) is 143 Å². The molecule has 39 heavy (non-hydrogen) atoms. The minimum absolute atomic E-state index is 0.386. The molecule has 2 fully saturated rings. The van der Waals surface area contributed by atoms with E-state index < -0.39 is 12.5 Å². The van der Waals surface area contributed by atoms with Crippen LogP contribution in [0.3, 0.4) is 0 Å². The molecular formula is C34H37B2O3. The molecule has 0 unspecified atom stereocenters. The highest BCUT2D eigenvalue weighted by atomic mass is 16.7. The van der Waals surface area contributed by atoms with Gasteiger partial charge in [-0.25, -0.2) is 0 Å². The molecule has 2 saturated heterocycles. The molecule has 1 radical (unpaired) electrons. The van der Waals surface area contributed by atoms with Crippen molar-refractivity contribution in [3.05, 3.63) is 138 Å². The first-order valence-electron chi connectivity index (χ1n) is 13.9. The molecule has 0 amide bonds. The predicted molar refractivity (Wildman–Crippen MR) is 162 cm³/mol. The van der Waals surface area contributed by atoms with Crippen molar-refractivity contribution in [2.24, 2.45) is 0 Å². The van der Waals surface area contributed by atoms with E-state index in [1.165, 1.54) is 28.7 Å². The second kappa shape index (κ2) is 11.6. The minimum Gasteiger partial charge on any atom is -0.441 e. The summed E-state index contributed by atoms with van der Waals surface area (Å²) in [6.07, 6.45) is 2.38. The fourth-order valence-electron chi connectivity index (χ4n) is 5.38. The molecule has 0 spiro atoms. The quantitative estimate of drug-likeness (QED) is 0.216. The summed E-state index contributed by atoms with van der Waals surface area (Å²) in [5.74, 6) is 0. The lowest BCUT2D eigenvalue weighted by Gasteiger charge is -2.37. The van der Waals surface area contributed by atoms with Crippen LogP contribution in [0.25, 0.3) is 0 Å². The van der Waals surface area contributed by atoms with Crippen LogP contribution in [-0.4, -0.2) is 32.4 Å². The van der Waals surface area contributed by atoms with Gasteiger partial charge in [-0.1, -0.05) is 115 Å². The monoisotopic (exact) mass is 515 g/mol. The van der Waals surface area contributed by atoms with Crippen LogP contribution in [0.1, 0.15) is 56.4 Å². The van der Waals surface area contributed by atoms with Gasteiger partial charge in [0.25, 0.3) is 7.48 Å². The number of rotatable bonds is 5. The Morgan fingerprint density at radius 1 is 0.615 bits per heavy atom. The zero-order valence-corrected chi connectivity index (χ0v) is 23.5. The van der Waals surface area contributed by atoms with Crippen LogP contribution in [0.15, 0.2) is 115 Å². The van der Waals surface area contributed by atoms with Crippen molar-refractivity contribution in [3.63, 3.8) is 0 Å². The SMILES string of the molecule is CC1(C)OB(c2cccc(C(c3ccccc3)(c3ccccc3)c3ccccc3)c2)OC1(C)C.[B]1CCCO1. The van der Waals surface area contributed by atoms with E-state index in [9.17, 15) is 0 Å². The van der Waals surface area contributed by atoms with Crippen molar-refractivity contribution in [2.45, 2.75) is 57.1 Å². The van der Waals surface area contributed by atoms with Gasteiger partial charge in [-0.05, 0) is 68.2 Å². The lowest BCUT2D eigenvalue weighted by molar-refractivity contribution is 0.00578. The molecule has 0 saturated carbocycles. The maximum absolute atomic E-state index is 6.41. The summed E-state index contributed by atoms with van der Waals surface area (Å²) >= 11 is 0. The zero-order chi connectivity index (χ0) is 27.3. The van der Waals surface area contributed by atoms with Crippen molar-refractivity contribution < 1.29 is 14.0 Å². The standard InChI is InChI=1S/C31H31BO2.C3H6BO/c1-29(2)30(3,4)34-32(33-29)28-22-14-21-27(23-28)31(24-15-8-5-9-16-24,25-17-10-6-11-18-25)26-19-12-7-13-20-26;1-2-4-5-3-1/h5-23H,1-4H3;1-3H2. The summed E-state index contributed by atoms with van der Waals surface area (Å²) in [5.41, 5.74) is 4.62. The summed E-state index contributed by atoms with van der Waals surface area (Å²) in [5, 5.41) is 0. The van der Waals surface area contributed by atoms with Crippen LogP contribution in [0.5, 0.6) is 0 Å². The summed E-state index contributed by atoms with van der Waals surface area (Å²) in [4.78, 5) is 0. The fraction of sp³-hybridized carbons (Fsp3) is 0.294. The summed E-state index contributed by atoms with van der Waals surface area (Å²) < 4.78 is 17.6. The molecule has 0 aromatic heterocycles. The Bertz CT molecular complexity index is 1220. The Morgan fingerprint density at radius 3 is 1.46 bits per heavy atom. The number of benzene rings is 4. The average molecular weight is 515 g/mol. The van der Waals surface area contributed by atoms with Gasteiger partial charge < -0.3 is 14.0 Å². The molecule has 0 atom stereocenters. The van der Waals surface area contributed by atoms with Crippen molar-refractivity contribution >= 4 is 20.1 Å². The van der Waals surface area contributed by atoms with E-state index in [4.69, 9.17) is 14.0 Å². The smallest absolute Gasteiger partial charge is 0.441 e. The van der Waals surface area contributed by atoms with E-state index >= 15 is 0 Å². The second-order valence-electron chi connectivity index (χ2n) is 11.2. The summed E-state index contributed by atoms with van der Waals surface area (Å²) in [6.45, 7) is 9.33. The molecule has 3 nitrogen and oxygen atoms in total. The Labute approximate surface area is 235 Å². The minimum atomic E-state index is -0.483. The van der Waals surface area contributed by atoms with Crippen LogP contribution in [0.2, 0.25) is 6.32 Å². The molecule has 5 heteroatoms. The first-order chi connectivity index (χ1) is 18.8. The molecule has 2 aliphatic rings. The molecular weight excluding hydrogens is 478 g/mol. The van der Waals surface area contributed by atoms with Gasteiger partial charge >= 0.3 is 7.12 Å². The topological polar surface area (TPSA) is 27.7 Å². The van der Waals surface area contributed by atoms with Crippen LogP contribution in [0.4, 0.5) is 0 Å². The van der Waals surface area contributed by atoms with Crippen molar-refractivity contribution in [1.29, 1.82) is 0 Å². The molecule has 4 aromatic carbocycles. The Morgan fingerprint density at radius 2 is 1.08 bits per heavy atom. The van der Waals surface area contributed by atoms with E-state index in [1.54, 1.807) is 0 Å².